The Labute approximate surface area is 109 Å². The summed E-state index contributed by atoms with van der Waals surface area (Å²) in [5.41, 5.74) is 0. The fraction of sp³-hybridized carbons (Fsp3) is 0.769. The Balaban J connectivity index is 1.71. The maximum Gasteiger partial charge on any atom is 0.122 e. The quantitative estimate of drug-likeness (QED) is 0.765. The Hall–Kier alpha value is -0.910. The lowest BCUT2D eigenvalue weighted by Crippen LogP contribution is -2.42. The Morgan fingerprint density at radius 1 is 1.39 bits per heavy atom. The third kappa shape index (κ3) is 3.80. The molecule has 5 nitrogen and oxygen atoms in total. The summed E-state index contributed by atoms with van der Waals surface area (Å²) in [4.78, 5) is 6.59. The van der Waals surface area contributed by atoms with E-state index >= 15 is 0 Å². The summed E-state index contributed by atoms with van der Waals surface area (Å²) in [6.07, 6.45) is 3.57. The van der Waals surface area contributed by atoms with Crippen molar-refractivity contribution >= 4 is 0 Å². The van der Waals surface area contributed by atoms with Gasteiger partial charge < -0.3 is 15.0 Å². The van der Waals surface area contributed by atoms with Crippen LogP contribution in [0.3, 0.4) is 0 Å². The number of aromatic nitrogens is 2. The van der Waals surface area contributed by atoms with E-state index in [0.29, 0.717) is 12.5 Å². The standard InChI is InChI=1S/C13H24N4O/c1-11(2)7-14-8-12(18)9-16-5-6-17-4-3-15-13(17)10-16/h3-4,11-12,14,18H,5-10H2,1-2H3. The second kappa shape index (κ2) is 6.31. The molecule has 2 N–H and O–H groups in total. The number of imidazole rings is 1. The molecule has 0 saturated heterocycles. The molecule has 5 heteroatoms. The van der Waals surface area contributed by atoms with Crippen LogP contribution in [0, 0.1) is 5.92 Å². The van der Waals surface area contributed by atoms with Gasteiger partial charge in [-0.3, -0.25) is 4.90 Å². The molecule has 0 aromatic carbocycles. The van der Waals surface area contributed by atoms with Crippen LogP contribution in [0.15, 0.2) is 12.4 Å². The van der Waals surface area contributed by atoms with Gasteiger partial charge in [-0.15, -0.1) is 0 Å². The van der Waals surface area contributed by atoms with E-state index in [1.54, 1.807) is 0 Å². The van der Waals surface area contributed by atoms with E-state index in [1.807, 2.05) is 12.4 Å². The van der Waals surface area contributed by atoms with E-state index in [1.165, 1.54) is 0 Å². The van der Waals surface area contributed by atoms with Gasteiger partial charge in [-0.1, -0.05) is 13.8 Å². The third-order valence-electron chi connectivity index (χ3n) is 3.23. The van der Waals surface area contributed by atoms with Crippen LogP contribution in [-0.4, -0.2) is 51.8 Å². The highest BCUT2D eigenvalue weighted by Gasteiger charge is 2.18. The molecule has 102 valence electrons. The van der Waals surface area contributed by atoms with Crippen LogP contribution in [0.25, 0.3) is 0 Å². The van der Waals surface area contributed by atoms with Crippen molar-refractivity contribution in [3.8, 4) is 0 Å². The minimum Gasteiger partial charge on any atom is -0.390 e. The number of nitrogens with one attached hydrogen (secondary N) is 1. The number of hydrogen-bond acceptors (Lipinski definition) is 4. The van der Waals surface area contributed by atoms with E-state index in [9.17, 15) is 5.11 Å². The van der Waals surface area contributed by atoms with Crippen LogP contribution in [-0.2, 0) is 13.1 Å². The molecule has 1 aromatic rings. The van der Waals surface area contributed by atoms with Crippen molar-refractivity contribution < 1.29 is 5.11 Å². The highest BCUT2D eigenvalue weighted by Crippen LogP contribution is 2.10. The summed E-state index contributed by atoms with van der Waals surface area (Å²) >= 11 is 0. The minimum atomic E-state index is -0.301. The minimum absolute atomic E-state index is 0.301. The second-order valence-corrected chi connectivity index (χ2v) is 5.48. The predicted molar refractivity (Wildman–Crippen MR) is 71.2 cm³/mol. The summed E-state index contributed by atoms with van der Waals surface area (Å²) < 4.78 is 2.18. The van der Waals surface area contributed by atoms with Gasteiger partial charge in [0.25, 0.3) is 0 Å². The molecule has 2 rings (SSSR count). The Morgan fingerprint density at radius 3 is 3.00 bits per heavy atom. The van der Waals surface area contributed by atoms with Gasteiger partial charge in [-0.2, -0.15) is 0 Å². The largest absolute Gasteiger partial charge is 0.390 e. The number of nitrogens with zero attached hydrogens (tertiary/aromatic N) is 3. The van der Waals surface area contributed by atoms with Crippen LogP contribution in [0.1, 0.15) is 19.7 Å². The molecule has 0 amide bonds. The van der Waals surface area contributed by atoms with Crippen LogP contribution in [0.2, 0.25) is 0 Å². The van der Waals surface area contributed by atoms with Gasteiger partial charge in [0, 0.05) is 38.6 Å². The molecule has 1 aliphatic rings. The molecule has 18 heavy (non-hydrogen) atoms. The first-order valence-corrected chi connectivity index (χ1v) is 6.76. The van der Waals surface area contributed by atoms with E-state index < -0.39 is 0 Å². The molecule has 0 fully saturated rings. The number of aliphatic hydroxyl groups excluding tert-OH is 1. The van der Waals surface area contributed by atoms with Crippen LogP contribution < -0.4 is 5.32 Å². The summed E-state index contributed by atoms with van der Waals surface area (Å²) in [5.74, 6) is 1.73. The lowest BCUT2D eigenvalue weighted by Gasteiger charge is -2.29. The van der Waals surface area contributed by atoms with Gasteiger partial charge in [-0.25, -0.2) is 4.98 Å². The summed E-state index contributed by atoms with van der Waals surface area (Å²) in [7, 11) is 0. The zero-order chi connectivity index (χ0) is 13.0. The Bertz CT molecular complexity index is 364. The van der Waals surface area contributed by atoms with Crippen molar-refractivity contribution in [1.29, 1.82) is 0 Å². The van der Waals surface area contributed by atoms with E-state index in [4.69, 9.17) is 0 Å². The normalized spacial score (nSPS) is 18.0. The first-order chi connectivity index (χ1) is 8.65. The number of β-amino-alcohol motifs (C(OH)–C–C–N with tert-alkyl or cyclic N) is 1. The van der Waals surface area contributed by atoms with Crippen molar-refractivity contribution in [3.63, 3.8) is 0 Å². The smallest absolute Gasteiger partial charge is 0.122 e. The summed E-state index contributed by atoms with van der Waals surface area (Å²) in [6.45, 7) is 9.50. The number of hydrogen-bond donors (Lipinski definition) is 2. The van der Waals surface area contributed by atoms with Gasteiger partial charge in [0.2, 0.25) is 0 Å². The zero-order valence-corrected chi connectivity index (χ0v) is 11.3. The molecule has 1 atom stereocenters. The molecule has 0 aliphatic carbocycles. The van der Waals surface area contributed by atoms with Crippen LogP contribution in [0.5, 0.6) is 0 Å². The summed E-state index contributed by atoms with van der Waals surface area (Å²) in [6, 6.07) is 0. The van der Waals surface area contributed by atoms with Crippen molar-refractivity contribution in [2.75, 3.05) is 26.2 Å². The van der Waals surface area contributed by atoms with Gasteiger partial charge in [0.1, 0.15) is 5.82 Å². The molecule has 0 bridgehead atoms. The molecule has 0 radical (unpaired) electrons. The first kappa shape index (κ1) is 13.5. The topological polar surface area (TPSA) is 53.3 Å². The molecular formula is C13H24N4O. The van der Waals surface area contributed by atoms with Gasteiger partial charge in [0.05, 0.1) is 12.6 Å². The van der Waals surface area contributed by atoms with Crippen molar-refractivity contribution in [3.05, 3.63) is 18.2 Å². The Kier molecular flexibility index (Phi) is 4.74. The fourth-order valence-corrected chi connectivity index (χ4v) is 2.28. The van der Waals surface area contributed by atoms with Crippen LogP contribution in [0.4, 0.5) is 0 Å². The van der Waals surface area contributed by atoms with E-state index in [2.05, 4.69) is 33.6 Å². The highest BCUT2D eigenvalue weighted by atomic mass is 16.3. The third-order valence-corrected chi connectivity index (χ3v) is 3.23. The molecule has 0 saturated carbocycles. The van der Waals surface area contributed by atoms with Crippen LogP contribution >= 0.6 is 0 Å². The van der Waals surface area contributed by atoms with Crippen molar-refractivity contribution in [2.24, 2.45) is 5.92 Å². The zero-order valence-electron chi connectivity index (χ0n) is 11.3. The van der Waals surface area contributed by atoms with Gasteiger partial charge in [-0.05, 0) is 12.5 Å². The fourth-order valence-electron chi connectivity index (χ4n) is 2.28. The lowest BCUT2D eigenvalue weighted by molar-refractivity contribution is 0.0948. The molecule has 1 aliphatic heterocycles. The predicted octanol–water partition coefficient (Wildman–Crippen LogP) is 0.305. The monoisotopic (exact) mass is 252 g/mol. The van der Waals surface area contributed by atoms with E-state index in [0.717, 1.165) is 38.5 Å². The Morgan fingerprint density at radius 2 is 2.22 bits per heavy atom. The number of fused-ring (bicyclic) bond motifs is 1. The SMILES string of the molecule is CC(C)CNCC(O)CN1CCn2ccnc2C1. The van der Waals surface area contributed by atoms with Crippen molar-refractivity contribution in [2.45, 2.75) is 33.0 Å². The molecule has 1 aromatic heterocycles. The highest BCUT2D eigenvalue weighted by molar-refractivity contribution is 4.95. The van der Waals surface area contributed by atoms with Crippen molar-refractivity contribution in [1.82, 2.24) is 19.8 Å². The van der Waals surface area contributed by atoms with Gasteiger partial charge in [0.15, 0.2) is 0 Å². The van der Waals surface area contributed by atoms with Gasteiger partial charge >= 0.3 is 0 Å². The molecular weight excluding hydrogens is 228 g/mol. The van der Waals surface area contributed by atoms with E-state index in [-0.39, 0.29) is 6.10 Å². The number of aliphatic hydroxyl groups is 1. The average Bonchev–Trinajstić information content (AvgIpc) is 2.75. The maximum absolute atomic E-state index is 9.98. The lowest BCUT2D eigenvalue weighted by atomic mass is 10.2. The molecule has 1 unspecified atom stereocenters. The molecule has 0 spiro atoms. The molecule has 2 heterocycles. The average molecular weight is 252 g/mol. The summed E-state index contributed by atoms with van der Waals surface area (Å²) in [5, 5.41) is 13.3. The maximum atomic E-state index is 9.98. The second-order valence-electron chi connectivity index (χ2n) is 5.48. The number of rotatable bonds is 6. The first-order valence-electron chi connectivity index (χ1n) is 6.76.